The first-order valence-corrected chi connectivity index (χ1v) is 6.37. The van der Waals surface area contributed by atoms with E-state index in [1.807, 2.05) is 13.8 Å². The highest BCUT2D eigenvalue weighted by atomic mass is 35.5. The van der Waals surface area contributed by atoms with Crippen LogP contribution in [0.3, 0.4) is 0 Å². The highest BCUT2D eigenvalue weighted by molar-refractivity contribution is 6.31. The fourth-order valence-corrected chi connectivity index (χ4v) is 1.59. The number of rotatable bonds is 6. The lowest BCUT2D eigenvalue weighted by Gasteiger charge is -2.04. The molecule has 0 radical (unpaired) electrons. The van der Waals surface area contributed by atoms with Crippen molar-refractivity contribution in [2.45, 2.75) is 33.1 Å². The minimum atomic E-state index is -0.330. The minimum Gasteiger partial charge on any atom is -0.466 e. The van der Waals surface area contributed by atoms with Crippen molar-refractivity contribution in [2.24, 2.45) is 0 Å². The third kappa shape index (κ3) is 4.49. The summed E-state index contributed by atoms with van der Waals surface area (Å²) in [6.45, 7) is 4.20. The number of carbonyl (C=O) groups is 2. The number of Topliss-reactive ketones (excluding diaryl/α,β-unsaturated/α-hetero) is 1. The molecule has 18 heavy (non-hydrogen) atoms. The van der Waals surface area contributed by atoms with E-state index < -0.39 is 0 Å². The fraction of sp³-hybridized carbons (Fsp3) is 0.429. The molecule has 0 heterocycles. The zero-order valence-corrected chi connectivity index (χ0v) is 11.4. The Labute approximate surface area is 112 Å². The molecule has 0 aliphatic carbocycles. The largest absolute Gasteiger partial charge is 0.466 e. The third-order valence-electron chi connectivity index (χ3n) is 2.52. The Morgan fingerprint density at radius 3 is 2.61 bits per heavy atom. The van der Waals surface area contributed by atoms with Gasteiger partial charge in [0.05, 0.1) is 13.0 Å². The lowest BCUT2D eigenvalue weighted by molar-refractivity contribution is -0.143. The predicted octanol–water partition coefficient (Wildman–Crippen LogP) is 3.56. The Morgan fingerprint density at radius 1 is 1.28 bits per heavy atom. The summed E-state index contributed by atoms with van der Waals surface area (Å²) < 4.78 is 4.90. The summed E-state index contributed by atoms with van der Waals surface area (Å²) in [7, 11) is 0. The molecule has 0 aliphatic rings. The summed E-state index contributed by atoms with van der Waals surface area (Å²) in [6, 6.07) is 5.16. The van der Waals surface area contributed by atoms with Crippen molar-refractivity contribution in [3.8, 4) is 0 Å². The van der Waals surface area contributed by atoms with Gasteiger partial charge in [0.1, 0.15) is 0 Å². The van der Waals surface area contributed by atoms with Gasteiger partial charge in [-0.15, -0.1) is 0 Å². The van der Waals surface area contributed by atoms with Gasteiger partial charge in [-0.3, -0.25) is 9.59 Å². The van der Waals surface area contributed by atoms with Gasteiger partial charge in [-0.05, 0) is 25.0 Å². The summed E-state index contributed by atoms with van der Waals surface area (Å²) in [6.07, 6.45) is 1.06. The van der Waals surface area contributed by atoms with Gasteiger partial charge < -0.3 is 4.74 Å². The molecule has 0 atom stereocenters. The molecule has 0 amide bonds. The molecule has 0 saturated carbocycles. The van der Waals surface area contributed by atoms with Crippen molar-refractivity contribution < 1.29 is 14.3 Å². The number of hydrogen-bond acceptors (Lipinski definition) is 3. The summed E-state index contributed by atoms with van der Waals surface area (Å²) >= 11 is 5.95. The van der Waals surface area contributed by atoms with Crippen molar-refractivity contribution in [3.63, 3.8) is 0 Å². The van der Waals surface area contributed by atoms with Crippen LogP contribution >= 0.6 is 11.6 Å². The van der Waals surface area contributed by atoms with E-state index in [1.165, 1.54) is 0 Å². The maximum Gasteiger partial charge on any atom is 0.306 e. The van der Waals surface area contributed by atoms with Crippen molar-refractivity contribution in [1.82, 2.24) is 0 Å². The SMILES string of the molecule is CCCOC(=O)CCC(=O)c1ccc(C)c(Cl)c1. The summed E-state index contributed by atoms with van der Waals surface area (Å²) in [5, 5.41) is 0.564. The lowest BCUT2D eigenvalue weighted by atomic mass is 10.1. The van der Waals surface area contributed by atoms with E-state index in [4.69, 9.17) is 16.3 Å². The zero-order valence-electron chi connectivity index (χ0n) is 10.7. The van der Waals surface area contributed by atoms with E-state index in [-0.39, 0.29) is 24.6 Å². The van der Waals surface area contributed by atoms with Gasteiger partial charge in [-0.2, -0.15) is 0 Å². The number of hydrogen-bond donors (Lipinski definition) is 0. The molecule has 0 saturated heterocycles. The first kappa shape index (κ1) is 14.7. The number of esters is 1. The van der Waals surface area contributed by atoms with Crippen LogP contribution in [0.2, 0.25) is 5.02 Å². The Morgan fingerprint density at radius 2 is 2.00 bits per heavy atom. The average molecular weight is 269 g/mol. The molecule has 1 aromatic carbocycles. The molecule has 0 unspecified atom stereocenters. The molecule has 0 N–H and O–H groups in total. The van der Waals surface area contributed by atoms with Crippen LogP contribution in [-0.4, -0.2) is 18.4 Å². The van der Waals surface area contributed by atoms with E-state index >= 15 is 0 Å². The molecule has 0 bridgehead atoms. The monoisotopic (exact) mass is 268 g/mol. The van der Waals surface area contributed by atoms with Crippen LogP contribution in [0.25, 0.3) is 0 Å². The summed E-state index contributed by atoms with van der Waals surface area (Å²) in [5.74, 6) is -0.422. The molecule has 0 aromatic heterocycles. The van der Waals surface area contributed by atoms with E-state index in [0.717, 1.165) is 12.0 Å². The third-order valence-corrected chi connectivity index (χ3v) is 2.92. The van der Waals surface area contributed by atoms with Crippen molar-refractivity contribution in [3.05, 3.63) is 34.3 Å². The van der Waals surface area contributed by atoms with E-state index in [2.05, 4.69) is 0 Å². The Balaban J connectivity index is 2.50. The average Bonchev–Trinajstić information content (AvgIpc) is 2.36. The number of ether oxygens (including phenoxy) is 1. The second kappa shape index (κ2) is 7.17. The van der Waals surface area contributed by atoms with Crippen LogP contribution in [0.4, 0.5) is 0 Å². The van der Waals surface area contributed by atoms with Gasteiger partial charge in [-0.1, -0.05) is 30.7 Å². The first-order chi connectivity index (χ1) is 8.54. The maximum atomic E-state index is 11.8. The molecule has 3 nitrogen and oxygen atoms in total. The molecule has 0 fully saturated rings. The quantitative estimate of drug-likeness (QED) is 0.585. The van der Waals surface area contributed by atoms with E-state index in [9.17, 15) is 9.59 Å². The van der Waals surface area contributed by atoms with Crippen molar-refractivity contribution in [1.29, 1.82) is 0 Å². The van der Waals surface area contributed by atoms with Crippen LogP contribution < -0.4 is 0 Å². The van der Waals surface area contributed by atoms with Crippen LogP contribution in [0, 0.1) is 6.92 Å². The van der Waals surface area contributed by atoms with Gasteiger partial charge in [0, 0.05) is 17.0 Å². The molecule has 98 valence electrons. The van der Waals surface area contributed by atoms with E-state index in [1.54, 1.807) is 18.2 Å². The second-order valence-electron chi connectivity index (χ2n) is 4.11. The molecule has 4 heteroatoms. The number of carbonyl (C=O) groups excluding carboxylic acids is 2. The van der Waals surface area contributed by atoms with Crippen LogP contribution in [0.15, 0.2) is 18.2 Å². The fourth-order valence-electron chi connectivity index (χ4n) is 1.41. The minimum absolute atomic E-state index is 0.0923. The normalized spacial score (nSPS) is 10.2. The van der Waals surface area contributed by atoms with Gasteiger partial charge in [0.25, 0.3) is 0 Å². The molecule has 1 aromatic rings. The van der Waals surface area contributed by atoms with Gasteiger partial charge in [0.15, 0.2) is 5.78 Å². The Hall–Kier alpha value is -1.35. The van der Waals surface area contributed by atoms with Crippen molar-refractivity contribution in [2.75, 3.05) is 6.61 Å². The number of benzene rings is 1. The van der Waals surface area contributed by atoms with Gasteiger partial charge >= 0.3 is 5.97 Å². The van der Waals surface area contributed by atoms with Crippen LogP contribution in [-0.2, 0) is 9.53 Å². The molecular weight excluding hydrogens is 252 g/mol. The Bertz CT molecular complexity index is 441. The number of aryl methyl sites for hydroxylation is 1. The predicted molar refractivity (Wildman–Crippen MR) is 71.0 cm³/mol. The van der Waals surface area contributed by atoms with Gasteiger partial charge in [0.2, 0.25) is 0 Å². The first-order valence-electron chi connectivity index (χ1n) is 5.99. The lowest BCUT2D eigenvalue weighted by Crippen LogP contribution is -2.08. The summed E-state index contributed by atoms with van der Waals surface area (Å²) in [5.41, 5.74) is 1.46. The highest BCUT2D eigenvalue weighted by Crippen LogP contribution is 2.18. The van der Waals surface area contributed by atoms with Crippen LogP contribution in [0.5, 0.6) is 0 Å². The summed E-state index contributed by atoms with van der Waals surface area (Å²) in [4.78, 5) is 23.1. The topological polar surface area (TPSA) is 43.4 Å². The number of halogens is 1. The smallest absolute Gasteiger partial charge is 0.306 e. The standard InChI is InChI=1S/C14H17ClO3/c1-3-8-18-14(17)7-6-13(16)11-5-4-10(2)12(15)9-11/h4-5,9H,3,6-8H2,1-2H3. The zero-order chi connectivity index (χ0) is 13.5. The van der Waals surface area contributed by atoms with Gasteiger partial charge in [-0.25, -0.2) is 0 Å². The Kier molecular flexibility index (Phi) is 5.86. The van der Waals surface area contributed by atoms with Crippen molar-refractivity contribution >= 4 is 23.4 Å². The molecular formula is C14H17ClO3. The molecule has 1 rings (SSSR count). The molecule has 0 spiro atoms. The number of ketones is 1. The second-order valence-corrected chi connectivity index (χ2v) is 4.51. The highest BCUT2D eigenvalue weighted by Gasteiger charge is 2.11. The van der Waals surface area contributed by atoms with E-state index in [0.29, 0.717) is 17.2 Å². The maximum absolute atomic E-state index is 11.8. The van der Waals surface area contributed by atoms with Crippen LogP contribution in [0.1, 0.15) is 42.1 Å². The molecule has 0 aliphatic heterocycles.